The molecule has 0 spiro atoms. The van der Waals surface area contributed by atoms with Crippen molar-refractivity contribution < 1.29 is 13.2 Å². The predicted octanol–water partition coefficient (Wildman–Crippen LogP) is 2.10. The number of ether oxygens (including phenoxy) is 1. The average Bonchev–Trinajstić information content (AvgIpc) is 3.11. The van der Waals surface area contributed by atoms with Crippen molar-refractivity contribution in [2.45, 2.75) is 10.3 Å². The van der Waals surface area contributed by atoms with Gasteiger partial charge in [-0.05, 0) is 17.0 Å². The van der Waals surface area contributed by atoms with Gasteiger partial charge in [-0.2, -0.15) is 0 Å². The summed E-state index contributed by atoms with van der Waals surface area (Å²) in [6.45, 7) is 3.67. The van der Waals surface area contributed by atoms with E-state index in [0.29, 0.717) is 24.0 Å². The van der Waals surface area contributed by atoms with Crippen LogP contribution in [0.15, 0.2) is 52.1 Å². The van der Waals surface area contributed by atoms with E-state index in [-0.39, 0.29) is 6.04 Å². The van der Waals surface area contributed by atoms with Crippen LogP contribution in [0.3, 0.4) is 0 Å². The van der Waals surface area contributed by atoms with Crippen LogP contribution in [0.25, 0.3) is 0 Å². The second-order valence-electron chi connectivity index (χ2n) is 5.43. The first-order valence-electron chi connectivity index (χ1n) is 7.56. The zero-order valence-corrected chi connectivity index (χ0v) is 14.4. The Morgan fingerprint density at radius 3 is 2.52 bits per heavy atom. The molecule has 0 saturated carbocycles. The molecule has 1 N–H and O–H groups in total. The van der Waals surface area contributed by atoms with Gasteiger partial charge >= 0.3 is 0 Å². The molecule has 1 atom stereocenters. The fraction of sp³-hybridized carbons (Fsp3) is 0.375. The average molecular weight is 352 g/mol. The van der Waals surface area contributed by atoms with Crippen molar-refractivity contribution in [3.05, 3.63) is 53.4 Å². The van der Waals surface area contributed by atoms with Crippen molar-refractivity contribution in [1.82, 2.24) is 9.62 Å². The lowest BCUT2D eigenvalue weighted by molar-refractivity contribution is 0.0345. The zero-order valence-electron chi connectivity index (χ0n) is 12.7. The predicted molar refractivity (Wildman–Crippen MR) is 91.1 cm³/mol. The van der Waals surface area contributed by atoms with E-state index in [1.54, 1.807) is 17.5 Å². The maximum atomic E-state index is 12.6. The standard InChI is InChI=1S/C16H20N2O3S2/c19-23(20,16-7-4-12-22-16)17-15(14-5-2-1-3-6-14)13-18-8-10-21-11-9-18/h1-7,12,15,17H,8-11,13H2. The topological polar surface area (TPSA) is 58.6 Å². The molecular weight excluding hydrogens is 332 g/mol. The van der Waals surface area contributed by atoms with Gasteiger partial charge in [0.05, 0.1) is 19.3 Å². The molecular formula is C16H20N2O3S2. The van der Waals surface area contributed by atoms with Crippen LogP contribution in [0, 0.1) is 0 Å². The summed E-state index contributed by atoms with van der Waals surface area (Å²) in [6.07, 6.45) is 0. The van der Waals surface area contributed by atoms with Crippen molar-refractivity contribution >= 4 is 21.4 Å². The van der Waals surface area contributed by atoms with Gasteiger partial charge < -0.3 is 4.74 Å². The van der Waals surface area contributed by atoms with Gasteiger partial charge in [-0.1, -0.05) is 36.4 Å². The summed E-state index contributed by atoms with van der Waals surface area (Å²) >= 11 is 1.23. The maximum absolute atomic E-state index is 12.6. The quantitative estimate of drug-likeness (QED) is 0.865. The van der Waals surface area contributed by atoms with E-state index in [4.69, 9.17) is 4.74 Å². The van der Waals surface area contributed by atoms with Crippen LogP contribution in [0.4, 0.5) is 0 Å². The third kappa shape index (κ3) is 4.39. The number of hydrogen-bond acceptors (Lipinski definition) is 5. The van der Waals surface area contributed by atoms with E-state index in [1.165, 1.54) is 11.3 Å². The number of benzene rings is 1. The Morgan fingerprint density at radius 1 is 1.13 bits per heavy atom. The van der Waals surface area contributed by atoms with Crippen molar-refractivity contribution in [2.75, 3.05) is 32.8 Å². The van der Waals surface area contributed by atoms with Gasteiger partial charge in [0.1, 0.15) is 4.21 Å². The number of thiophene rings is 1. The molecule has 2 heterocycles. The van der Waals surface area contributed by atoms with Crippen LogP contribution in [0.2, 0.25) is 0 Å². The Morgan fingerprint density at radius 2 is 1.87 bits per heavy atom. The third-order valence-corrected chi connectivity index (χ3v) is 6.67. The normalized spacial score (nSPS) is 17.9. The van der Waals surface area contributed by atoms with E-state index in [0.717, 1.165) is 18.7 Å². The lowest BCUT2D eigenvalue weighted by Crippen LogP contribution is -2.43. The van der Waals surface area contributed by atoms with Crippen molar-refractivity contribution in [1.29, 1.82) is 0 Å². The first kappa shape index (κ1) is 16.6. The van der Waals surface area contributed by atoms with E-state index < -0.39 is 10.0 Å². The molecule has 7 heteroatoms. The zero-order chi connectivity index (χ0) is 16.1. The summed E-state index contributed by atoms with van der Waals surface area (Å²) in [5.74, 6) is 0. The minimum Gasteiger partial charge on any atom is -0.379 e. The molecule has 1 fully saturated rings. The first-order valence-corrected chi connectivity index (χ1v) is 9.92. The molecule has 1 aliphatic heterocycles. The highest BCUT2D eigenvalue weighted by Gasteiger charge is 2.24. The molecule has 0 bridgehead atoms. The highest BCUT2D eigenvalue weighted by molar-refractivity contribution is 7.91. The van der Waals surface area contributed by atoms with Crippen molar-refractivity contribution in [2.24, 2.45) is 0 Å². The second kappa shape index (κ2) is 7.55. The number of nitrogens with one attached hydrogen (secondary N) is 1. The molecule has 2 aromatic rings. The van der Waals surface area contributed by atoms with Gasteiger partial charge in [-0.3, -0.25) is 4.90 Å². The van der Waals surface area contributed by atoms with Gasteiger partial charge in [0.2, 0.25) is 0 Å². The summed E-state index contributed by atoms with van der Waals surface area (Å²) in [6, 6.07) is 12.8. The van der Waals surface area contributed by atoms with E-state index >= 15 is 0 Å². The smallest absolute Gasteiger partial charge is 0.250 e. The lowest BCUT2D eigenvalue weighted by atomic mass is 10.1. The SMILES string of the molecule is O=S(=O)(NC(CN1CCOCC1)c1ccccc1)c1cccs1. The first-order chi connectivity index (χ1) is 11.1. The molecule has 1 aliphatic rings. The fourth-order valence-electron chi connectivity index (χ4n) is 2.60. The highest BCUT2D eigenvalue weighted by atomic mass is 32.2. The molecule has 1 aromatic carbocycles. The van der Waals surface area contributed by atoms with Crippen molar-refractivity contribution in [3.63, 3.8) is 0 Å². The minimum absolute atomic E-state index is 0.276. The largest absolute Gasteiger partial charge is 0.379 e. The molecule has 0 amide bonds. The summed E-state index contributed by atoms with van der Waals surface area (Å²) in [4.78, 5) is 2.23. The van der Waals surface area contributed by atoms with Gasteiger partial charge in [0.15, 0.2) is 0 Å². The van der Waals surface area contributed by atoms with Crippen LogP contribution in [-0.4, -0.2) is 46.2 Å². The van der Waals surface area contributed by atoms with Gasteiger partial charge in [0, 0.05) is 19.6 Å². The van der Waals surface area contributed by atoms with E-state index in [9.17, 15) is 8.42 Å². The van der Waals surface area contributed by atoms with Crippen LogP contribution >= 0.6 is 11.3 Å². The molecule has 1 aromatic heterocycles. The molecule has 3 rings (SSSR count). The lowest BCUT2D eigenvalue weighted by Gasteiger charge is -2.30. The Bertz CT molecular complexity index is 696. The number of nitrogens with zero attached hydrogens (tertiary/aromatic N) is 1. The molecule has 23 heavy (non-hydrogen) atoms. The second-order valence-corrected chi connectivity index (χ2v) is 8.32. The molecule has 0 aliphatic carbocycles. The molecule has 5 nitrogen and oxygen atoms in total. The van der Waals surface area contributed by atoms with E-state index in [1.807, 2.05) is 30.3 Å². The Labute approximate surface area is 140 Å². The van der Waals surface area contributed by atoms with Crippen molar-refractivity contribution in [3.8, 4) is 0 Å². The Kier molecular flexibility index (Phi) is 5.45. The molecule has 0 radical (unpaired) electrons. The fourth-order valence-corrected chi connectivity index (χ4v) is 4.82. The summed E-state index contributed by atoms with van der Waals surface area (Å²) in [5.41, 5.74) is 0.971. The number of sulfonamides is 1. The maximum Gasteiger partial charge on any atom is 0.250 e. The summed E-state index contributed by atoms with van der Waals surface area (Å²) in [7, 11) is -3.50. The number of hydrogen-bond donors (Lipinski definition) is 1. The highest BCUT2D eigenvalue weighted by Crippen LogP contribution is 2.21. The van der Waals surface area contributed by atoms with Gasteiger partial charge in [-0.25, -0.2) is 13.1 Å². The van der Waals surface area contributed by atoms with Crippen LogP contribution in [-0.2, 0) is 14.8 Å². The Hall–Kier alpha value is -1.25. The van der Waals surface area contributed by atoms with Crippen LogP contribution in [0.5, 0.6) is 0 Å². The number of morpholine rings is 1. The molecule has 1 unspecified atom stereocenters. The number of rotatable bonds is 6. The van der Waals surface area contributed by atoms with Crippen LogP contribution in [0.1, 0.15) is 11.6 Å². The molecule has 1 saturated heterocycles. The van der Waals surface area contributed by atoms with E-state index in [2.05, 4.69) is 9.62 Å². The summed E-state index contributed by atoms with van der Waals surface area (Å²) < 4.78 is 33.7. The van der Waals surface area contributed by atoms with Gasteiger partial charge in [-0.15, -0.1) is 11.3 Å². The monoisotopic (exact) mass is 352 g/mol. The van der Waals surface area contributed by atoms with Crippen LogP contribution < -0.4 is 4.72 Å². The third-order valence-electron chi connectivity index (χ3n) is 3.80. The minimum atomic E-state index is -3.50. The van der Waals surface area contributed by atoms with Gasteiger partial charge in [0.25, 0.3) is 10.0 Å². The molecule has 124 valence electrons. The Balaban J connectivity index is 1.80. The summed E-state index contributed by atoms with van der Waals surface area (Å²) in [5, 5.41) is 1.77.